The Balaban J connectivity index is 0.00000182. The van der Waals surface area contributed by atoms with Crippen molar-refractivity contribution in [2.45, 2.75) is 47.0 Å². The fraction of sp³-hybridized carbons (Fsp3) is 0.500. The Hall–Kier alpha value is -1.20. The molecule has 0 saturated heterocycles. The third-order valence-corrected chi connectivity index (χ3v) is 7.40. The van der Waals surface area contributed by atoms with Crippen LogP contribution in [0.5, 0.6) is 0 Å². The molecule has 5 heteroatoms. The summed E-state index contributed by atoms with van der Waals surface area (Å²) in [4.78, 5) is 4.69. The summed E-state index contributed by atoms with van der Waals surface area (Å²) in [6, 6.07) is 8.50. The lowest BCUT2D eigenvalue weighted by Gasteiger charge is -2.34. The molecule has 1 aromatic carbocycles. The molecule has 2 aromatic rings. The smallest absolute Gasteiger partial charge is 0.203 e. The van der Waals surface area contributed by atoms with E-state index in [9.17, 15) is 0 Å². The van der Waals surface area contributed by atoms with Gasteiger partial charge in [0.2, 0.25) is 5.13 Å². The number of benzene rings is 1. The minimum atomic E-state index is 0. The third kappa shape index (κ3) is 2.95. The van der Waals surface area contributed by atoms with Gasteiger partial charge in [0.15, 0.2) is 0 Å². The molecule has 4 rings (SSSR count). The van der Waals surface area contributed by atoms with Gasteiger partial charge in [-0.1, -0.05) is 50.6 Å². The summed E-state index contributed by atoms with van der Waals surface area (Å²) in [5.41, 5.74) is 8.61. The summed E-state index contributed by atoms with van der Waals surface area (Å²) >= 11 is 1.62. The molecular weight excluding hydrogens is 394 g/mol. The lowest BCUT2D eigenvalue weighted by atomic mass is 9.70. The van der Waals surface area contributed by atoms with Crippen molar-refractivity contribution in [2.75, 3.05) is 5.43 Å². The number of anilines is 1. The van der Waals surface area contributed by atoms with Crippen LogP contribution in [0.4, 0.5) is 5.13 Å². The average molecular weight is 420 g/mol. The molecule has 3 nitrogen and oxygen atoms in total. The van der Waals surface area contributed by atoms with Gasteiger partial charge in [-0.2, -0.15) is 5.10 Å². The summed E-state index contributed by atoms with van der Waals surface area (Å²) in [6.45, 7) is 9.31. The van der Waals surface area contributed by atoms with Crippen molar-refractivity contribution in [1.82, 2.24) is 4.98 Å². The van der Waals surface area contributed by atoms with Gasteiger partial charge in [-0.15, -0.1) is 28.3 Å². The van der Waals surface area contributed by atoms with Crippen molar-refractivity contribution >= 4 is 39.2 Å². The standard InChI is InChI=1S/C20H25N3S.BrH/c1-13-5-7-14(8-6-13)16-12-24-18(21-16)23-22-17-11-15-9-10-20(17,4)19(15,2)3;/h5-8,12,15H,9-11H2,1-4H3,(H,21,23);1H/b22-17+;. The molecule has 0 amide bonds. The van der Waals surface area contributed by atoms with Crippen molar-refractivity contribution in [3.05, 3.63) is 35.2 Å². The molecule has 0 aliphatic heterocycles. The Labute approximate surface area is 164 Å². The fourth-order valence-corrected chi connectivity index (χ4v) is 5.06. The number of hydrogen-bond donors (Lipinski definition) is 1. The van der Waals surface area contributed by atoms with Crippen molar-refractivity contribution in [1.29, 1.82) is 0 Å². The van der Waals surface area contributed by atoms with Gasteiger partial charge in [0, 0.05) is 22.1 Å². The zero-order chi connectivity index (χ0) is 16.9. The maximum atomic E-state index is 4.78. The second-order valence-corrected chi connectivity index (χ2v) is 8.93. The highest BCUT2D eigenvalue weighted by Gasteiger charge is 2.59. The van der Waals surface area contributed by atoms with E-state index in [1.165, 1.54) is 24.1 Å². The van der Waals surface area contributed by atoms with E-state index in [0.717, 1.165) is 28.7 Å². The van der Waals surface area contributed by atoms with Gasteiger partial charge in [-0.3, -0.25) is 5.43 Å². The first-order chi connectivity index (χ1) is 11.4. The maximum absolute atomic E-state index is 4.78. The Morgan fingerprint density at radius 3 is 2.52 bits per heavy atom. The largest absolute Gasteiger partial charge is 0.253 e. The Morgan fingerprint density at radius 2 is 1.92 bits per heavy atom. The third-order valence-electron chi connectivity index (χ3n) is 6.65. The van der Waals surface area contributed by atoms with Gasteiger partial charge in [-0.05, 0) is 37.5 Å². The molecule has 0 radical (unpaired) electrons. The van der Waals surface area contributed by atoms with Crippen LogP contribution in [-0.2, 0) is 0 Å². The van der Waals surface area contributed by atoms with Crippen LogP contribution in [0, 0.1) is 23.7 Å². The quantitative estimate of drug-likeness (QED) is 0.591. The second-order valence-electron chi connectivity index (χ2n) is 8.07. The number of aromatic nitrogens is 1. The predicted octanol–water partition coefficient (Wildman–Crippen LogP) is 6.31. The maximum Gasteiger partial charge on any atom is 0.203 e. The van der Waals surface area contributed by atoms with Crippen LogP contribution in [0.15, 0.2) is 34.7 Å². The van der Waals surface area contributed by atoms with Crippen molar-refractivity contribution < 1.29 is 0 Å². The zero-order valence-corrected chi connectivity index (χ0v) is 17.8. The van der Waals surface area contributed by atoms with Crippen molar-refractivity contribution in [3.63, 3.8) is 0 Å². The van der Waals surface area contributed by atoms with E-state index in [1.807, 2.05) is 0 Å². The number of halogens is 1. The van der Waals surface area contributed by atoms with E-state index in [2.05, 4.69) is 62.8 Å². The monoisotopic (exact) mass is 419 g/mol. The van der Waals surface area contributed by atoms with Crippen LogP contribution in [0.1, 0.15) is 45.6 Å². The molecular formula is C20H26BrN3S. The Morgan fingerprint density at radius 1 is 1.20 bits per heavy atom. The van der Waals surface area contributed by atoms with Crippen LogP contribution in [0.3, 0.4) is 0 Å². The van der Waals surface area contributed by atoms with Gasteiger partial charge >= 0.3 is 0 Å². The average Bonchev–Trinajstić information content (AvgIpc) is 3.16. The molecule has 1 aromatic heterocycles. The highest BCUT2D eigenvalue weighted by molar-refractivity contribution is 8.93. The number of fused-ring (bicyclic) bond motifs is 2. The SMILES string of the molecule is Br.Cc1ccc(-c2csc(N/N=C3\CC4CCC3(C)C4(C)C)n2)cc1. The van der Waals surface area contributed by atoms with Crippen LogP contribution < -0.4 is 5.43 Å². The van der Waals surface area contributed by atoms with Crippen molar-refractivity contribution in [3.8, 4) is 11.3 Å². The summed E-state index contributed by atoms with van der Waals surface area (Å²) in [7, 11) is 0. The number of hydrazone groups is 1. The Kier molecular flexibility index (Phi) is 4.84. The van der Waals surface area contributed by atoms with Crippen molar-refractivity contribution in [2.24, 2.45) is 21.8 Å². The van der Waals surface area contributed by atoms with E-state index in [-0.39, 0.29) is 22.4 Å². The molecule has 2 aliphatic rings. The number of thiazole rings is 1. The molecule has 134 valence electrons. The van der Waals surface area contributed by atoms with Crippen LogP contribution >= 0.6 is 28.3 Å². The van der Waals surface area contributed by atoms with E-state index < -0.39 is 0 Å². The molecule has 2 aliphatic carbocycles. The summed E-state index contributed by atoms with van der Waals surface area (Å²) in [5, 5.41) is 7.75. The summed E-state index contributed by atoms with van der Waals surface area (Å²) < 4.78 is 0. The summed E-state index contributed by atoms with van der Waals surface area (Å²) in [6.07, 6.45) is 3.74. The molecule has 2 bridgehead atoms. The summed E-state index contributed by atoms with van der Waals surface area (Å²) in [5.74, 6) is 0.780. The first-order valence-corrected chi connectivity index (χ1v) is 9.64. The lowest BCUT2D eigenvalue weighted by Crippen LogP contribution is -2.32. The van der Waals surface area contributed by atoms with Gasteiger partial charge in [-0.25, -0.2) is 4.98 Å². The molecule has 2 unspecified atom stereocenters. The van der Waals surface area contributed by atoms with Crippen LogP contribution in [0.2, 0.25) is 0 Å². The van der Waals surface area contributed by atoms with E-state index in [4.69, 9.17) is 10.1 Å². The molecule has 1 N–H and O–H groups in total. The van der Waals surface area contributed by atoms with E-state index in [1.54, 1.807) is 11.3 Å². The zero-order valence-electron chi connectivity index (χ0n) is 15.3. The minimum absolute atomic E-state index is 0. The van der Waals surface area contributed by atoms with Crippen LogP contribution in [-0.4, -0.2) is 10.7 Å². The van der Waals surface area contributed by atoms with Gasteiger partial charge in [0.05, 0.1) is 5.69 Å². The van der Waals surface area contributed by atoms with Crippen LogP contribution in [0.25, 0.3) is 11.3 Å². The number of nitrogens with zero attached hydrogens (tertiary/aromatic N) is 2. The lowest BCUT2D eigenvalue weighted by molar-refractivity contribution is 0.194. The Bertz CT molecular complexity index is 794. The predicted molar refractivity (Wildman–Crippen MR) is 113 cm³/mol. The number of hydrogen-bond acceptors (Lipinski definition) is 4. The first kappa shape index (κ1) is 18.6. The topological polar surface area (TPSA) is 37.3 Å². The van der Waals surface area contributed by atoms with E-state index >= 15 is 0 Å². The molecule has 0 spiro atoms. The number of nitrogens with one attached hydrogen (secondary N) is 1. The van der Waals surface area contributed by atoms with Gasteiger partial charge in [0.25, 0.3) is 0 Å². The minimum Gasteiger partial charge on any atom is -0.253 e. The van der Waals surface area contributed by atoms with Gasteiger partial charge < -0.3 is 0 Å². The highest BCUT2D eigenvalue weighted by Crippen LogP contribution is 2.63. The normalized spacial score (nSPS) is 28.2. The van der Waals surface area contributed by atoms with Gasteiger partial charge in [0.1, 0.15) is 0 Å². The van der Waals surface area contributed by atoms with E-state index in [0.29, 0.717) is 5.41 Å². The molecule has 25 heavy (non-hydrogen) atoms. The number of rotatable bonds is 3. The molecule has 2 saturated carbocycles. The highest BCUT2D eigenvalue weighted by atomic mass is 79.9. The molecule has 1 heterocycles. The molecule has 2 atom stereocenters. The molecule has 2 fully saturated rings. The fourth-order valence-electron chi connectivity index (χ4n) is 4.39. The first-order valence-electron chi connectivity index (χ1n) is 8.76. The second kappa shape index (κ2) is 6.51. The number of aryl methyl sites for hydroxylation is 1.